The summed E-state index contributed by atoms with van der Waals surface area (Å²) in [5.41, 5.74) is -1.18. The summed E-state index contributed by atoms with van der Waals surface area (Å²) in [6, 6.07) is 0.0682. The summed E-state index contributed by atoms with van der Waals surface area (Å²) >= 11 is 0. The lowest BCUT2D eigenvalue weighted by Crippen LogP contribution is -2.47. The highest BCUT2D eigenvalue weighted by Gasteiger charge is 2.74. The van der Waals surface area contributed by atoms with E-state index in [0.717, 1.165) is 0 Å². The second kappa shape index (κ2) is 3.54. The number of hydrogen-bond acceptors (Lipinski definition) is 5. The number of carbonyl (C=O) groups excluding carboxylic acids is 2. The van der Waals surface area contributed by atoms with E-state index >= 15 is 0 Å². The van der Waals surface area contributed by atoms with Crippen LogP contribution < -0.4 is 0 Å². The predicted molar refractivity (Wildman–Crippen MR) is 63.1 cm³/mol. The van der Waals surface area contributed by atoms with Gasteiger partial charge in [-0.3, -0.25) is 9.69 Å². The molecule has 0 aliphatic carbocycles. The van der Waals surface area contributed by atoms with E-state index in [1.807, 2.05) is 20.8 Å². The number of rotatable bonds is 1. The van der Waals surface area contributed by atoms with Gasteiger partial charge in [0.05, 0.1) is 13.2 Å². The Balaban J connectivity index is 1.83. The monoisotopic (exact) mass is 253 g/mol. The molecular formula is C13H19NO4. The normalized spacial score (nSPS) is 42.2. The van der Waals surface area contributed by atoms with Gasteiger partial charge in [-0.15, -0.1) is 0 Å². The summed E-state index contributed by atoms with van der Waals surface area (Å²) in [5.74, 6) is -0.00316. The lowest BCUT2D eigenvalue weighted by Gasteiger charge is -2.30. The van der Waals surface area contributed by atoms with E-state index in [1.54, 1.807) is 0 Å². The van der Waals surface area contributed by atoms with Crippen molar-refractivity contribution in [1.29, 1.82) is 0 Å². The fourth-order valence-electron chi connectivity index (χ4n) is 3.25. The van der Waals surface area contributed by atoms with Gasteiger partial charge in [0.15, 0.2) is 5.54 Å². The molecule has 4 atom stereocenters. The van der Waals surface area contributed by atoms with E-state index < -0.39 is 11.1 Å². The number of piperidine rings is 1. The van der Waals surface area contributed by atoms with Crippen LogP contribution in [-0.2, 0) is 19.1 Å². The second-order valence-corrected chi connectivity index (χ2v) is 6.47. The Morgan fingerprint density at radius 1 is 1.44 bits per heavy atom. The van der Waals surface area contributed by atoms with Crippen molar-refractivity contribution < 1.29 is 19.1 Å². The molecule has 3 heterocycles. The SMILES string of the molecule is CC(C)(C)OC(=O)C12COCC3CC(=O)CC1N32. The molecule has 18 heavy (non-hydrogen) atoms. The van der Waals surface area contributed by atoms with Crippen molar-refractivity contribution in [3.8, 4) is 0 Å². The summed E-state index contributed by atoms with van der Waals surface area (Å²) in [6.07, 6.45) is 0.958. The minimum absolute atomic E-state index is 0.00102. The highest BCUT2D eigenvalue weighted by atomic mass is 16.6. The van der Waals surface area contributed by atoms with Crippen molar-refractivity contribution in [2.75, 3.05) is 13.2 Å². The lowest BCUT2D eigenvalue weighted by atomic mass is 10.0. The Kier molecular flexibility index (Phi) is 2.38. The van der Waals surface area contributed by atoms with E-state index in [-0.39, 0.29) is 23.8 Å². The number of ketones is 1. The van der Waals surface area contributed by atoms with Crippen LogP contribution in [0.2, 0.25) is 0 Å². The van der Waals surface area contributed by atoms with E-state index in [2.05, 4.69) is 4.90 Å². The zero-order valence-electron chi connectivity index (χ0n) is 11.1. The number of ether oxygens (including phenoxy) is 2. The molecular weight excluding hydrogens is 234 g/mol. The summed E-state index contributed by atoms with van der Waals surface area (Å²) in [7, 11) is 0. The number of carbonyl (C=O) groups is 2. The highest BCUT2D eigenvalue weighted by molar-refractivity contribution is 5.92. The third-order valence-corrected chi connectivity index (χ3v) is 3.94. The van der Waals surface area contributed by atoms with Crippen LogP contribution in [0.25, 0.3) is 0 Å². The molecule has 0 aromatic heterocycles. The maximum atomic E-state index is 12.4. The first-order valence-electron chi connectivity index (χ1n) is 6.46. The Morgan fingerprint density at radius 2 is 2.17 bits per heavy atom. The molecule has 0 bridgehead atoms. The third kappa shape index (κ3) is 1.61. The van der Waals surface area contributed by atoms with Crippen molar-refractivity contribution >= 4 is 11.8 Å². The van der Waals surface area contributed by atoms with Gasteiger partial charge in [0.2, 0.25) is 0 Å². The molecule has 0 amide bonds. The number of morpholine rings is 1. The van der Waals surface area contributed by atoms with Crippen LogP contribution in [0.3, 0.4) is 0 Å². The second-order valence-electron chi connectivity index (χ2n) is 6.47. The molecule has 5 heteroatoms. The van der Waals surface area contributed by atoms with Gasteiger partial charge in [-0.1, -0.05) is 0 Å². The average Bonchev–Trinajstić information content (AvgIpc) is 2.87. The molecule has 3 fully saturated rings. The van der Waals surface area contributed by atoms with Crippen LogP contribution in [0.4, 0.5) is 0 Å². The van der Waals surface area contributed by atoms with Gasteiger partial charge in [0.1, 0.15) is 11.4 Å². The number of esters is 1. The number of fused-ring (bicyclic) bond motifs is 1. The van der Waals surface area contributed by atoms with Gasteiger partial charge in [-0.05, 0) is 20.8 Å². The Hall–Kier alpha value is -0.940. The molecule has 100 valence electrons. The zero-order valence-corrected chi connectivity index (χ0v) is 11.1. The zero-order chi connectivity index (χ0) is 13.1. The lowest BCUT2D eigenvalue weighted by molar-refractivity contribution is -0.164. The van der Waals surface area contributed by atoms with E-state index in [1.165, 1.54) is 0 Å². The van der Waals surface area contributed by atoms with Crippen molar-refractivity contribution in [2.24, 2.45) is 0 Å². The molecule has 5 nitrogen and oxygen atoms in total. The van der Waals surface area contributed by atoms with Crippen LogP contribution in [-0.4, -0.2) is 53.1 Å². The largest absolute Gasteiger partial charge is 0.458 e. The first-order chi connectivity index (χ1) is 8.34. The fraction of sp³-hybridized carbons (Fsp3) is 0.846. The van der Waals surface area contributed by atoms with E-state index in [0.29, 0.717) is 26.1 Å². The van der Waals surface area contributed by atoms with Crippen molar-refractivity contribution in [3.63, 3.8) is 0 Å². The van der Waals surface area contributed by atoms with Gasteiger partial charge < -0.3 is 9.47 Å². The predicted octanol–water partition coefficient (Wildman–Crippen LogP) is 0.513. The molecule has 0 spiro atoms. The summed E-state index contributed by atoms with van der Waals surface area (Å²) in [6.45, 7) is 6.48. The van der Waals surface area contributed by atoms with Gasteiger partial charge in [0, 0.05) is 24.9 Å². The molecule has 3 rings (SSSR count). The van der Waals surface area contributed by atoms with E-state index in [9.17, 15) is 9.59 Å². The number of nitrogens with zero attached hydrogens (tertiary/aromatic N) is 1. The maximum absolute atomic E-state index is 12.4. The Morgan fingerprint density at radius 3 is 2.83 bits per heavy atom. The molecule has 0 radical (unpaired) electrons. The number of Topliss-reactive ketones (excluding diaryl/α,β-unsaturated/α-hetero) is 1. The highest BCUT2D eigenvalue weighted by Crippen LogP contribution is 2.52. The van der Waals surface area contributed by atoms with Gasteiger partial charge in [-0.2, -0.15) is 0 Å². The quantitative estimate of drug-likeness (QED) is 0.503. The van der Waals surface area contributed by atoms with Crippen molar-refractivity contribution in [2.45, 2.75) is 56.8 Å². The minimum Gasteiger partial charge on any atom is -0.458 e. The Bertz CT molecular complexity index is 414. The molecule has 3 aliphatic heterocycles. The first-order valence-corrected chi connectivity index (χ1v) is 6.46. The topological polar surface area (TPSA) is 55.6 Å². The van der Waals surface area contributed by atoms with Gasteiger partial charge in [-0.25, -0.2) is 4.79 Å². The smallest absolute Gasteiger partial charge is 0.331 e. The van der Waals surface area contributed by atoms with Crippen LogP contribution in [0, 0.1) is 0 Å². The van der Waals surface area contributed by atoms with Crippen LogP contribution >= 0.6 is 0 Å². The third-order valence-electron chi connectivity index (χ3n) is 3.94. The standard InChI is InChI=1S/C13H19NO4/c1-12(2,3)18-11(16)13-7-17-6-8-4-9(15)5-10(13)14(8)13/h8,10H,4-7H2,1-3H3. The summed E-state index contributed by atoms with van der Waals surface area (Å²) in [4.78, 5) is 26.2. The van der Waals surface area contributed by atoms with E-state index in [4.69, 9.17) is 9.47 Å². The fourth-order valence-corrected chi connectivity index (χ4v) is 3.25. The molecule has 0 saturated carbocycles. The summed E-state index contributed by atoms with van der Waals surface area (Å²) in [5, 5.41) is 0. The molecule has 0 aromatic carbocycles. The molecule has 4 unspecified atom stereocenters. The number of hydrogen-bond donors (Lipinski definition) is 0. The molecule has 0 N–H and O–H groups in total. The minimum atomic E-state index is -0.678. The Labute approximate surface area is 106 Å². The average molecular weight is 253 g/mol. The molecule has 3 aliphatic rings. The van der Waals surface area contributed by atoms with Crippen LogP contribution in [0.15, 0.2) is 0 Å². The van der Waals surface area contributed by atoms with Gasteiger partial charge in [0.25, 0.3) is 0 Å². The van der Waals surface area contributed by atoms with Gasteiger partial charge >= 0.3 is 5.97 Å². The van der Waals surface area contributed by atoms with Crippen molar-refractivity contribution in [1.82, 2.24) is 4.90 Å². The molecule has 3 saturated heterocycles. The maximum Gasteiger partial charge on any atom is 0.331 e. The van der Waals surface area contributed by atoms with Crippen LogP contribution in [0.1, 0.15) is 33.6 Å². The molecule has 0 aromatic rings. The summed E-state index contributed by atoms with van der Waals surface area (Å²) < 4.78 is 11.0. The van der Waals surface area contributed by atoms with Crippen molar-refractivity contribution in [3.05, 3.63) is 0 Å². The van der Waals surface area contributed by atoms with Crippen LogP contribution in [0.5, 0.6) is 0 Å². The first kappa shape index (κ1) is 12.1.